The van der Waals surface area contributed by atoms with Gasteiger partial charge in [-0.1, -0.05) is 0 Å². The van der Waals surface area contributed by atoms with Gasteiger partial charge in [0.15, 0.2) is 0 Å². The molecule has 0 spiro atoms. The van der Waals surface area contributed by atoms with Crippen LogP contribution < -0.4 is 5.73 Å². The first kappa shape index (κ1) is 11.3. The van der Waals surface area contributed by atoms with Crippen LogP contribution in [0.3, 0.4) is 0 Å². The smallest absolute Gasteiger partial charge is 0.136 e. The Hall–Kier alpha value is -2.17. The van der Waals surface area contributed by atoms with Crippen LogP contribution in [0.25, 0.3) is 0 Å². The Balaban J connectivity index is 2.22. The van der Waals surface area contributed by atoms with E-state index in [4.69, 9.17) is 15.6 Å². The second kappa shape index (κ2) is 4.78. The van der Waals surface area contributed by atoms with Gasteiger partial charge in [-0.2, -0.15) is 0 Å². The predicted molar refractivity (Wildman–Crippen MR) is 65.2 cm³/mol. The van der Waals surface area contributed by atoms with Gasteiger partial charge in [-0.05, 0) is 25.5 Å². The fourth-order valence-electron chi connectivity index (χ4n) is 1.71. The maximum atomic E-state index is 7.34. The highest BCUT2D eigenvalue weighted by Crippen LogP contribution is 2.14. The molecule has 2 aromatic heterocycles. The van der Waals surface area contributed by atoms with Crippen molar-refractivity contribution in [3.8, 4) is 0 Å². The Morgan fingerprint density at radius 1 is 1.41 bits per heavy atom. The molecule has 0 aromatic carbocycles. The van der Waals surface area contributed by atoms with Gasteiger partial charge in [-0.3, -0.25) is 0 Å². The van der Waals surface area contributed by atoms with Crippen LogP contribution >= 0.6 is 0 Å². The van der Waals surface area contributed by atoms with Crippen LogP contribution in [0, 0.1) is 12.3 Å². The minimum atomic E-state index is 0.363. The first-order valence-corrected chi connectivity index (χ1v) is 5.36. The van der Waals surface area contributed by atoms with Crippen molar-refractivity contribution in [1.82, 2.24) is 9.97 Å². The van der Waals surface area contributed by atoms with Crippen molar-refractivity contribution >= 4 is 12.0 Å². The number of aryl methyl sites for hydroxylation is 3. The maximum absolute atomic E-state index is 7.34. The molecule has 0 saturated heterocycles. The predicted octanol–water partition coefficient (Wildman–Crippen LogP) is 1.74. The standard InChI is InChI=1S/C12H14N4O/c1-8-15-11(10(7-13)12(14)16-8)5-4-9-3-2-6-17-9/h2-3,6-7,13H,4-5H2,1H3,(H2,14,15,16). The molecule has 0 unspecified atom stereocenters. The van der Waals surface area contributed by atoms with Crippen molar-refractivity contribution in [2.24, 2.45) is 0 Å². The largest absolute Gasteiger partial charge is 0.469 e. The van der Waals surface area contributed by atoms with Gasteiger partial charge in [0.1, 0.15) is 17.4 Å². The van der Waals surface area contributed by atoms with E-state index in [1.54, 1.807) is 13.2 Å². The molecule has 0 fully saturated rings. The minimum absolute atomic E-state index is 0.363. The number of nitrogens with two attached hydrogens (primary N) is 1. The Bertz CT molecular complexity index is 520. The molecular formula is C12H14N4O. The Labute approximate surface area is 99.2 Å². The normalized spacial score (nSPS) is 10.4. The summed E-state index contributed by atoms with van der Waals surface area (Å²) in [5.41, 5.74) is 7.15. The molecule has 3 N–H and O–H groups in total. The van der Waals surface area contributed by atoms with E-state index >= 15 is 0 Å². The fourth-order valence-corrected chi connectivity index (χ4v) is 1.71. The second-order valence-corrected chi connectivity index (χ2v) is 3.74. The van der Waals surface area contributed by atoms with E-state index < -0.39 is 0 Å². The lowest BCUT2D eigenvalue weighted by molar-refractivity contribution is 0.507. The third kappa shape index (κ3) is 2.50. The van der Waals surface area contributed by atoms with Crippen molar-refractivity contribution in [2.45, 2.75) is 19.8 Å². The number of aromatic nitrogens is 2. The highest BCUT2D eigenvalue weighted by molar-refractivity contribution is 5.84. The summed E-state index contributed by atoms with van der Waals surface area (Å²) in [6.07, 6.45) is 4.27. The van der Waals surface area contributed by atoms with Crippen LogP contribution in [0.1, 0.15) is 22.8 Å². The number of anilines is 1. The summed E-state index contributed by atoms with van der Waals surface area (Å²) in [5.74, 6) is 1.89. The molecule has 2 rings (SSSR count). The minimum Gasteiger partial charge on any atom is -0.469 e. The summed E-state index contributed by atoms with van der Waals surface area (Å²) >= 11 is 0. The van der Waals surface area contributed by atoms with Crippen molar-refractivity contribution in [3.05, 3.63) is 41.2 Å². The zero-order valence-corrected chi connectivity index (χ0v) is 9.60. The first-order chi connectivity index (χ1) is 8.20. The third-order valence-electron chi connectivity index (χ3n) is 2.50. The third-order valence-corrected chi connectivity index (χ3v) is 2.50. The number of nitrogens with one attached hydrogen (secondary N) is 1. The SMILES string of the molecule is Cc1nc(N)c(C=N)c(CCc2ccco2)n1. The van der Waals surface area contributed by atoms with E-state index in [9.17, 15) is 0 Å². The number of nitrogen functional groups attached to an aromatic ring is 1. The van der Waals surface area contributed by atoms with Gasteiger partial charge in [0.2, 0.25) is 0 Å². The average molecular weight is 230 g/mol. The highest BCUT2D eigenvalue weighted by Gasteiger charge is 2.09. The van der Waals surface area contributed by atoms with Gasteiger partial charge in [-0.15, -0.1) is 0 Å². The fraction of sp³-hybridized carbons (Fsp3) is 0.250. The molecule has 88 valence electrons. The van der Waals surface area contributed by atoms with Crippen molar-refractivity contribution < 1.29 is 4.42 Å². The molecule has 0 bridgehead atoms. The Kier molecular flexibility index (Phi) is 3.18. The molecule has 0 aliphatic heterocycles. The zero-order valence-electron chi connectivity index (χ0n) is 9.60. The van der Waals surface area contributed by atoms with Crippen LogP contribution in [-0.2, 0) is 12.8 Å². The lowest BCUT2D eigenvalue weighted by Gasteiger charge is -2.07. The monoisotopic (exact) mass is 230 g/mol. The molecule has 0 aliphatic carbocycles. The topological polar surface area (TPSA) is 88.8 Å². The van der Waals surface area contributed by atoms with E-state index in [0.717, 1.165) is 17.9 Å². The maximum Gasteiger partial charge on any atom is 0.136 e. The lowest BCUT2D eigenvalue weighted by Crippen LogP contribution is -2.08. The van der Waals surface area contributed by atoms with Crippen LogP contribution in [0.4, 0.5) is 5.82 Å². The van der Waals surface area contributed by atoms with E-state index in [0.29, 0.717) is 23.6 Å². The molecule has 2 heterocycles. The molecular weight excluding hydrogens is 216 g/mol. The van der Waals surface area contributed by atoms with Crippen molar-refractivity contribution in [2.75, 3.05) is 5.73 Å². The summed E-state index contributed by atoms with van der Waals surface area (Å²) in [4.78, 5) is 8.36. The molecule has 0 radical (unpaired) electrons. The summed E-state index contributed by atoms with van der Waals surface area (Å²) in [6, 6.07) is 3.77. The van der Waals surface area contributed by atoms with E-state index in [1.807, 2.05) is 12.1 Å². The van der Waals surface area contributed by atoms with Crippen LogP contribution in [0.2, 0.25) is 0 Å². The molecule has 0 atom stereocenters. The highest BCUT2D eigenvalue weighted by atomic mass is 16.3. The Morgan fingerprint density at radius 2 is 2.24 bits per heavy atom. The lowest BCUT2D eigenvalue weighted by atomic mass is 10.1. The quantitative estimate of drug-likeness (QED) is 0.783. The molecule has 5 nitrogen and oxygen atoms in total. The van der Waals surface area contributed by atoms with Gasteiger partial charge in [0.25, 0.3) is 0 Å². The van der Waals surface area contributed by atoms with Gasteiger partial charge in [0, 0.05) is 12.6 Å². The van der Waals surface area contributed by atoms with Gasteiger partial charge < -0.3 is 15.6 Å². The summed E-state index contributed by atoms with van der Waals surface area (Å²) in [6.45, 7) is 1.79. The molecule has 0 saturated carbocycles. The second-order valence-electron chi connectivity index (χ2n) is 3.74. The average Bonchev–Trinajstić information content (AvgIpc) is 2.78. The number of hydrogen-bond acceptors (Lipinski definition) is 5. The number of furan rings is 1. The number of rotatable bonds is 4. The molecule has 0 amide bonds. The van der Waals surface area contributed by atoms with Crippen LogP contribution in [0.15, 0.2) is 22.8 Å². The molecule has 0 aliphatic rings. The van der Waals surface area contributed by atoms with E-state index in [1.165, 1.54) is 6.21 Å². The van der Waals surface area contributed by atoms with Gasteiger partial charge >= 0.3 is 0 Å². The van der Waals surface area contributed by atoms with Gasteiger partial charge in [0.05, 0.1) is 17.5 Å². The van der Waals surface area contributed by atoms with E-state index in [-0.39, 0.29) is 0 Å². The van der Waals surface area contributed by atoms with Crippen molar-refractivity contribution in [1.29, 1.82) is 5.41 Å². The summed E-state index contributed by atoms with van der Waals surface area (Å²) in [7, 11) is 0. The molecule has 2 aromatic rings. The summed E-state index contributed by atoms with van der Waals surface area (Å²) < 4.78 is 5.26. The molecule has 5 heteroatoms. The van der Waals surface area contributed by atoms with E-state index in [2.05, 4.69) is 9.97 Å². The van der Waals surface area contributed by atoms with Crippen LogP contribution in [0.5, 0.6) is 0 Å². The first-order valence-electron chi connectivity index (χ1n) is 5.36. The summed E-state index contributed by atoms with van der Waals surface area (Å²) in [5, 5.41) is 7.34. The zero-order chi connectivity index (χ0) is 12.3. The molecule has 17 heavy (non-hydrogen) atoms. The number of nitrogens with zero attached hydrogens (tertiary/aromatic N) is 2. The Morgan fingerprint density at radius 3 is 2.88 bits per heavy atom. The van der Waals surface area contributed by atoms with Crippen LogP contribution in [-0.4, -0.2) is 16.2 Å². The van der Waals surface area contributed by atoms with Crippen molar-refractivity contribution in [3.63, 3.8) is 0 Å². The van der Waals surface area contributed by atoms with Gasteiger partial charge in [-0.25, -0.2) is 9.97 Å². The number of hydrogen-bond donors (Lipinski definition) is 2.